The zero-order valence-electron chi connectivity index (χ0n) is 17.1. The predicted octanol–water partition coefficient (Wildman–Crippen LogP) is 4.68. The summed E-state index contributed by atoms with van der Waals surface area (Å²) < 4.78 is 0. The molecule has 1 fully saturated rings. The van der Waals surface area contributed by atoms with Crippen LogP contribution in [0.5, 0.6) is 5.75 Å². The number of para-hydroxylation sites is 1. The molecule has 3 aromatic carbocycles. The Bertz CT molecular complexity index is 1290. The highest BCUT2D eigenvalue weighted by Crippen LogP contribution is 2.55. The fourth-order valence-corrected chi connectivity index (χ4v) is 5.06. The van der Waals surface area contributed by atoms with Crippen LogP contribution in [0.15, 0.2) is 84.9 Å². The summed E-state index contributed by atoms with van der Waals surface area (Å²) in [6, 6.07) is 26.3. The molecule has 3 unspecified atom stereocenters. The maximum absolute atomic E-state index is 13.9. The van der Waals surface area contributed by atoms with Gasteiger partial charge in [0.15, 0.2) is 11.2 Å². The summed E-state index contributed by atoms with van der Waals surface area (Å²) >= 11 is 0. The van der Waals surface area contributed by atoms with Crippen LogP contribution in [-0.2, 0) is 0 Å². The van der Waals surface area contributed by atoms with Crippen molar-refractivity contribution >= 4 is 17.5 Å². The molecule has 0 aliphatic carbocycles. The lowest BCUT2D eigenvalue weighted by Crippen LogP contribution is -2.44. The van der Waals surface area contributed by atoms with Crippen LogP contribution in [-0.4, -0.2) is 23.0 Å². The topological polar surface area (TPSA) is 88.1 Å². The van der Waals surface area contributed by atoms with E-state index in [0.717, 1.165) is 11.3 Å². The summed E-state index contributed by atoms with van der Waals surface area (Å²) in [6.07, 6.45) is 3.78. The summed E-state index contributed by atoms with van der Waals surface area (Å²) in [6.45, 7) is 0. The summed E-state index contributed by atoms with van der Waals surface area (Å²) in [7, 11) is 0. The van der Waals surface area contributed by atoms with Gasteiger partial charge in [0, 0.05) is 17.2 Å². The maximum Gasteiger partial charge on any atom is 0.185 e. The van der Waals surface area contributed by atoms with E-state index in [0.29, 0.717) is 11.1 Å². The highest BCUT2D eigenvalue weighted by Gasteiger charge is 2.63. The van der Waals surface area contributed by atoms with Gasteiger partial charge in [-0.15, -0.1) is 0 Å². The number of Topliss-reactive ketones (excluding diaryl/α,β-unsaturated/α-hetero) is 1. The standard InChI is InChI=1S/C27H19N3O2/c28-16-27(17-29)23-15-12-18-6-4-5-9-22(18)30(23)25(26(32)20-7-2-1-3-8-20)24(27)19-10-13-21(31)14-11-19/h1-15,23-25,31H. The molecule has 0 saturated carbocycles. The van der Waals surface area contributed by atoms with E-state index in [9.17, 15) is 20.4 Å². The summed E-state index contributed by atoms with van der Waals surface area (Å²) in [5.41, 5.74) is 1.46. The molecular formula is C27H19N3O2. The number of carbonyl (C=O) groups is 1. The molecule has 1 saturated heterocycles. The first-order valence-corrected chi connectivity index (χ1v) is 10.4. The number of benzene rings is 3. The number of hydrogen-bond acceptors (Lipinski definition) is 5. The number of nitrogens with zero attached hydrogens (tertiary/aromatic N) is 3. The average molecular weight is 417 g/mol. The monoisotopic (exact) mass is 417 g/mol. The Hall–Kier alpha value is -4.35. The van der Waals surface area contributed by atoms with Gasteiger partial charge < -0.3 is 10.0 Å². The molecule has 5 nitrogen and oxygen atoms in total. The van der Waals surface area contributed by atoms with Crippen molar-refractivity contribution in [1.82, 2.24) is 0 Å². The number of nitriles is 2. The SMILES string of the molecule is N#CC1(C#N)C(c2ccc(O)cc2)C(C(=O)c2ccccc2)N2c3ccccc3C=CC21. The average Bonchev–Trinajstić information content (AvgIpc) is 3.15. The maximum atomic E-state index is 13.9. The van der Waals surface area contributed by atoms with E-state index < -0.39 is 23.4 Å². The molecule has 3 aromatic rings. The lowest BCUT2D eigenvalue weighted by Gasteiger charge is -2.35. The van der Waals surface area contributed by atoms with Crippen molar-refractivity contribution in [1.29, 1.82) is 10.5 Å². The van der Waals surface area contributed by atoms with Crippen molar-refractivity contribution in [2.24, 2.45) is 5.41 Å². The van der Waals surface area contributed by atoms with Crippen molar-refractivity contribution in [3.05, 3.63) is 102 Å². The zero-order chi connectivity index (χ0) is 22.3. The first-order valence-electron chi connectivity index (χ1n) is 10.4. The summed E-state index contributed by atoms with van der Waals surface area (Å²) in [4.78, 5) is 15.9. The second-order valence-electron chi connectivity index (χ2n) is 8.11. The van der Waals surface area contributed by atoms with Crippen molar-refractivity contribution in [2.75, 3.05) is 4.90 Å². The number of anilines is 1. The number of phenolic OH excluding ortho intramolecular Hbond substituents is 1. The van der Waals surface area contributed by atoms with Gasteiger partial charge in [-0.25, -0.2) is 0 Å². The molecule has 0 aromatic heterocycles. The number of rotatable bonds is 3. The Morgan fingerprint density at radius 3 is 2.25 bits per heavy atom. The molecule has 5 heteroatoms. The number of ketones is 1. The number of phenols is 1. The van der Waals surface area contributed by atoms with Crippen molar-refractivity contribution < 1.29 is 9.90 Å². The van der Waals surface area contributed by atoms with E-state index in [4.69, 9.17) is 0 Å². The van der Waals surface area contributed by atoms with Crippen LogP contribution in [0, 0.1) is 28.1 Å². The minimum absolute atomic E-state index is 0.0835. The van der Waals surface area contributed by atoms with Gasteiger partial charge in [-0.05, 0) is 29.3 Å². The minimum Gasteiger partial charge on any atom is -0.508 e. The van der Waals surface area contributed by atoms with E-state index in [1.807, 2.05) is 47.4 Å². The highest BCUT2D eigenvalue weighted by atomic mass is 16.3. The predicted molar refractivity (Wildman–Crippen MR) is 121 cm³/mol. The normalized spacial score (nSPS) is 22.3. The van der Waals surface area contributed by atoms with Gasteiger partial charge in [0.05, 0.1) is 18.2 Å². The van der Waals surface area contributed by atoms with Crippen LogP contribution in [0.25, 0.3) is 6.08 Å². The van der Waals surface area contributed by atoms with Gasteiger partial charge in [0.1, 0.15) is 11.8 Å². The molecule has 32 heavy (non-hydrogen) atoms. The second-order valence-corrected chi connectivity index (χ2v) is 8.11. The first-order chi connectivity index (χ1) is 15.6. The number of carbonyl (C=O) groups excluding carboxylic acids is 1. The van der Waals surface area contributed by atoms with Gasteiger partial charge in [0.2, 0.25) is 0 Å². The molecule has 0 amide bonds. The molecule has 2 aliphatic rings. The number of fused-ring (bicyclic) bond motifs is 3. The molecule has 5 rings (SSSR count). The lowest BCUT2D eigenvalue weighted by atomic mass is 9.69. The van der Waals surface area contributed by atoms with E-state index >= 15 is 0 Å². The van der Waals surface area contributed by atoms with Crippen LogP contribution in [0.4, 0.5) is 5.69 Å². The molecule has 2 aliphatic heterocycles. The quantitative estimate of drug-likeness (QED) is 0.626. The molecule has 3 atom stereocenters. The Kier molecular flexibility index (Phi) is 4.54. The molecule has 2 heterocycles. The van der Waals surface area contributed by atoms with Crippen LogP contribution < -0.4 is 4.90 Å². The van der Waals surface area contributed by atoms with E-state index in [2.05, 4.69) is 12.1 Å². The number of hydrogen-bond donors (Lipinski definition) is 1. The Morgan fingerprint density at radius 1 is 0.906 bits per heavy atom. The van der Waals surface area contributed by atoms with Gasteiger partial charge >= 0.3 is 0 Å². The van der Waals surface area contributed by atoms with Crippen LogP contribution in [0.3, 0.4) is 0 Å². The van der Waals surface area contributed by atoms with Crippen molar-refractivity contribution in [3.8, 4) is 17.9 Å². The largest absolute Gasteiger partial charge is 0.508 e. The van der Waals surface area contributed by atoms with Gasteiger partial charge in [-0.3, -0.25) is 4.79 Å². The first kappa shape index (κ1) is 19.6. The molecule has 0 radical (unpaired) electrons. The van der Waals surface area contributed by atoms with Gasteiger partial charge in [-0.1, -0.05) is 72.8 Å². The Labute approximate surface area is 186 Å². The smallest absolute Gasteiger partial charge is 0.185 e. The van der Waals surface area contributed by atoms with Gasteiger partial charge in [-0.2, -0.15) is 10.5 Å². The van der Waals surface area contributed by atoms with Gasteiger partial charge in [0.25, 0.3) is 0 Å². The molecule has 154 valence electrons. The molecule has 1 N–H and O–H groups in total. The van der Waals surface area contributed by atoms with E-state index in [1.165, 1.54) is 12.1 Å². The van der Waals surface area contributed by atoms with Crippen LogP contribution in [0.1, 0.15) is 27.4 Å². The third-order valence-electron chi connectivity index (χ3n) is 6.49. The Morgan fingerprint density at radius 2 is 1.56 bits per heavy atom. The van der Waals surface area contributed by atoms with Crippen LogP contribution >= 0.6 is 0 Å². The van der Waals surface area contributed by atoms with Crippen LogP contribution in [0.2, 0.25) is 0 Å². The number of aromatic hydroxyl groups is 1. The Balaban J connectivity index is 1.79. The molecule has 0 spiro atoms. The van der Waals surface area contributed by atoms with E-state index in [-0.39, 0.29) is 11.5 Å². The second kappa shape index (κ2) is 7.41. The minimum atomic E-state index is -1.49. The van der Waals surface area contributed by atoms with Crippen molar-refractivity contribution in [3.63, 3.8) is 0 Å². The van der Waals surface area contributed by atoms with Crippen molar-refractivity contribution in [2.45, 2.75) is 18.0 Å². The fourth-order valence-electron chi connectivity index (χ4n) is 5.06. The lowest BCUT2D eigenvalue weighted by molar-refractivity contribution is 0.0951. The summed E-state index contributed by atoms with van der Waals surface area (Å²) in [5, 5.41) is 30.5. The van der Waals surface area contributed by atoms with E-state index in [1.54, 1.807) is 36.4 Å². The molecule has 0 bridgehead atoms. The third kappa shape index (κ3) is 2.72. The summed E-state index contributed by atoms with van der Waals surface area (Å²) in [5.74, 6) is -0.780. The molecular weight excluding hydrogens is 398 g/mol. The fraction of sp³-hybridized carbons (Fsp3) is 0.148. The zero-order valence-corrected chi connectivity index (χ0v) is 17.1. The third-order valence-corrected chi connectivity index (χ3v) is 6.49. The highest BCUT2D eigenvalue weighted by molar-refractivity contribution is 6.04.